The molecule has 1 aliphatic heterocycles. The number of amides is 2. The Morgan fingerprint density at radius 3 is 1.93 bits per heavy atom. The molecule has 41 heavy (non-hydrogen) atoms. The molecule has 1 saturated heterocycles. The van der Waals surface area contributed by atoms with Crippen LogP contribution < -0.4 is 14.4 Å². The van der Waals surface area contributed by atoms with Crippen molar-refractivity contribution in [1.82, 2.24) is 9.80 Å². The summed E-state index contributed by atoms with van der Waals surface area (Å²) in [5.41, 5.74) is 3.41. The van der Waals surface area contributed by atoms with E-state index in [-0.39, 0.29) is 11.7 Å². The lowest BCUT2D eigenvalue weighted by molar-refractivity contribution is -0.127. The van der Waals surface area contributed by atoms with Crippen LogP contribution in [0.3, 0.4) is 0 Å². The standard InChI is InChI=1S/C34H33N3O4/c1-40-32-25-27(18-20-33(38)36-23-21-35(22-24-36)26-28-11-5-2-6-12-28)17-19-31(32)41-34(39)37(29-13-7-3-8-14-29)30-15-9-4-10-16-30/h2-20,25H,21-24,26H2,1H3/b20-18+. The summed E-state index contributed by atoms with van der Waals surface area (Å²) >= 11 is 0. The van der Waals surface area contributed by atoms with Crippen LogP contribution in [-0.2, 0) is 11.3 Å². The first-order valence-corrected chi connectivity index (χ1v) is 13.6. The third-order valence-electron chi connectivity index (χ3n) is 6.95. The fourth-order valence-corrected chi connectivity index (χ4v) is 4.77. The Hall–Kier alpha value is -4.88. The molecule has 0 aliphatic carbocycles. The number of anilines is 2. The van der Waals surface area contributed by atoms with Crippen molar-refractivity contribution in [2.45, 2.75) is 6.54 Å². The number of carbonyl (C=O) groups is 2. The number of carbonyl (C=O) groups excluding carboxylic acids is 2. The number of benzene rings is 4. The maximum absolute atomic E-state index is 13.4. The number of nitrogens with zero attached hydrogens (tertiary/aromatic N) is 3. The van der Waals surface area contributed by atoms with Crippen LogP contribution in [0.25, 0.3) is 6.08 Å². The molecule has 0 radical (unpaired) electrons. The molecule has 7 nitrogen and oxygen atoms in total. The van der Waals surface area contributed by atoms with E-state index in [1.807, 2.05) is 71.6 Å². The van der Waals surface area contributed by atoms with Gasteiger partial charge in [0.1, 0.15) is 0 Å². The lowest BCUT2D eigenvalue weighted by Gasteiger charge is -2.34. The monoisotopic (exact) mass is 547 g/mol. The first kappa shape index (κ1) is 27.7. The van der Waals surface area contributed by atoms with Gasteiger partial charge in [0.15, 0.2) is 11.5 Å². The average Bonchev–Trinajstić information content (AvgIpc) is 3.02. The maximum atomic E-state index is 13.4. The molecule has 1 fully saturated rings. The zero-order chi connectivity index (χ0) is 28.4. The minimum Gasteiger partial charge on any atom is -0.493 e. The molecular formula is C34H33N3O4. The van der Waals surface area contributed by atoms with Crippen molar-refractivity contribution in [2.24, 2.45) is 0 Å². The number of hydrogen-bond donors (Lipinski definition) is 0. The van der Waals surface area contributed by atoms with Crippen LogP contribution in [0.2, 0.25) is 0 Å². The molecule has 0 aromatic heterocycles. The third-order valence-corrected chi connectivity index (χ3v) is 6.95. The van der Waals surface area contributed by atoms with Crippen LogP contribution in [0, 0.1) is 0 Å². The fraction of sp³-hybridized carbons (Fsp3) is 0.176. The highest BCUT2D eigenvalue weighted by Crippen LogP contribution is 2.32. The zero-order valence-corrected chi connectivity index (χ0v) is 23.1. The van der Waals surface area contributed by atoms with Crippen molar-refractivity contribution in [3.8, 4) is 11.5 Å². The zero-order valence-electron chi connectivity index (χ0n) is 23.1. The largest absolute Gasteiger partial charge is 0.493 e. The SMILES string of the molecule is COc1cc(/C=C/C(=O)N2CCN(Cc3ccccc3)CC2)ccc1OC(=O)N(c1ccccc1)c1ccccc1. The van der Waals surface area contributed by atoms with Gasteiger partial charge >= 0.3 is 6.09 Å². The van der Waals surface area contributed by atoms with Gasteiger partial charge in [-0.15, -0.1) is 0 Å². The molecule has 0 atom stereocenters. The molecule has 2 amide bonds. The van der Waals surface area contributed by atoms with Crippen LogP contribution in [0.4, 0.5) is 16.2 Å². The minimum atomic E-state index is -0.564. The topological polar surface area (TPSA) is 62.3 Å². The van der Waals surface area contributed by atoms with E-state index in [1.165, 1.54) is 17.6 Å². The first-order chi connectivity index (χ1) is 20.1. The van der Waals surface area contributed by atoms with Gasteiger partial charge in [-0.25, -0.2) is 9.69 Å². The molecule has 1 heterocycles. The lowest BCUT2D eigenvalue weighted by Crippen LogP contribution is -2.47. The predicted molar refractivity (Wildman–Crippen MR) is 161 cm³/mol. The van der Waals surface area contributed by atoms with Crippen molar-refractivity contribution in [3.05, 3.63) is 126 Å². The van der Waals surface area contributed by atoms with Gasteiger partial charge in [-0.3, -0.25) is 9.69 Å². The summed E-state index contributed by atoms with van der Waals surface area (Å²) in [7, 11) is 1.52. The van der Waals surface area contributed by atoms with Crippen LogP contribution in [0.15, 0.2) is 115 Å². The third kappa shape index (κ3) is 7.21. The van der Waals surface area contributed by atoms with Gasteiger partial charge in [-0.05, 0) is 53.6 Å². The fourth-order valence-electron chi connectivity index (χ4n) is 4.77. The molecule has 0 N–H and O–H groups in total. The van der Waals surface area contributed by atoms with Gasteiger partial charge in [0, 0.05) is 38.8 Å². The van der Waals surface area contributed by atoms with Gasteiger partial charge < -0.3 is 14.4 Å². The van der Waals surface area contributed by atoms with Crippen LogP contribution in [0.5, 0.6) is 11.5 Å². The summed E-state index contributed by atoms with van der Waals surface area (Å²) in [5, 5.41) is 0. The van der Waals surface area contributed by atoms with Crippen molar-refractivity contribution in [1.29, 1.82) is 0 Å². The number of piperazine rings is 1. The van der Waals surface area contributed by atoms with E-state index < -0.39 is 6.09 Å². The van der Waals surface area contributed by atoms with Crippen molar-refractivity contribution >= 4 is 29.5 Å². The molecule has 4 aromatic rings. The van der Waals surface area contributed by atoms with Gasteiger partial charge in [-0.2, -0.15) is 0 Å². The second-order valence-corrected chi connectivity index (χ2v) is 9.71. The number of ether oxygens (including phenoxy) is 2. The highest BCUT2D eigenvalue weighted by atomic mass is 16.6. The Balaban J connectivity index is 1.22. The van der Waals surface area contributed by atoms with Gasteiger partial charge in [0.25, 0.3) is 0 Å². The summed E-state index contributed by atoms with van der Waals surface area (Å²) in [6.07, 6.45) is 2.78. The number of methoxy groups -OCH3 is 1. The van der Waals surface area contributed by atoms with Crippen LogP contribution in [-0.4, -0.2) is 55.1 Å². The summed E-state index contributed by atoms with van der Waals surface area (Å²) in [5.74, 6) is 0.649. The van der Waals surface area contributed by atoms with Crippen molar-refractivity contribution in [2.75, 3.05) is 38.2 Å². The van der Waals surface area contributed by atoms with Gasteiger partial charge in [-0.1, -0.05) is 72.8 Å². The number of rotatable bonds is 8. The van der Waals surface area contributed by atoms with Crippen LogP contribution in [0.1, 0.15) is 11.1 Å². The Labute approximate surface area is 240 Å². The smallest absolute Gasteiger partial charge is 0.424 e. The molecule has 1 aliphatic rings. The Morgan fingerprint density at radius 2 is 1.34 bits per heavy atom. The molecule has 4 aromatic carbocycles. The lowest BCUT2D eigenvalue weighted by atomic mass is 10.1. The van der Waals surface area contributed by atoms with Gasteiger partial charge in [0.05, 0.1) is 18.5 Å². The van der Waals surface area contributed by atoms with E-state index >= 15 is 0 Å². The normalized spacial score (nSPS) is 13.6. The predicted octanol–water partition coefficient (Wildman–Crippen LogP) is 6.39. The number of para-hydroxylation sites is 2. The quantitative estimate of drug-likeness (QED) is 0.239. The highest BCUT2D eigenvalue weighted by Gasteiger charge is 2.22. The van der Waals surface area contributed by atoms with E-state index in [2.05, 4.69) is 29.2 Å². The Morgan fingerprint density at radius 1 is 0.756 bits per heavy atom. The first-order valence-electron chi connectivity index (χ1n) is 13.6. The molecule has 0 bridgehead atoms. The average molecular weight is 548 g/mol. The van der Waals surface area contributed by atoms with Crippen molar-refractivity contribution in [3.63, 3.8) is 0 Å². The van der Waals surface area contributed by atoms with E-state index in [1.54, 1.807) is 30.4 Å². The molecule has 5 rings (SSSR count). The Kier molecular flexibility index (Phi) is 9.08. The highest BCUT2D eigenvalue weighted by molar-refractivity contribution is 5.97. The summed E-state index contributed by atoms with van der Waals surface area (Å²) in [4.78, 5) is 32.0. The van der Waals surface area contributed by atoms with Crippen LogP contribution >= 0.6 is 0 Å². The molecule has 0 unspecified atom stereocenters. The molecule has 0 saturated carbocycles. The molecule has 208 valence electrons. The minimum absolute atomic E-state index is 0.0276. The maximum Gasteiger partial charge on any atom is 0.424 e. The van der Waals surface area contributed by atoms with Gasteiger partial charge in [0.2, 0.25) is 5.91 Å². The van der Waals surface area contributed by atoms with E-state index in [0.29, 0.717) is 30.2 Å². The summed E-state index contributed by atoms with van der Waals surface area (Å²) in [6.45, 7) is 3.95. The molecule has 0 spiro atoms. The Bertz CT molecular complexity index is 1430. The molecular weight excluding hydrogens is 514 g/mol. The van der Waals surface area contributed by atoms with E-state index in [4.69, 9.17) is 9.47 Å². The summed E-state index contributed by atoms with van der Waals surface area (Å²) in [6, 6.07) is 34.2. The number of hydrogen-bond acceptors (Lipinski definition) is 5. The summed E-state index contributed by atoms with van der Waals surface area (Å²) < 4.78 is 11.3. The van der Waals surface area contributed by atoms with E-state index in [0.717, 1.165) is 25.2 Å². The van der Waals surface area contributed by atoms with Crippen molar-refractivity contribution < 1.29 is 19.1 Å². The second-order valence-electron chi connectivity index (χ2n) is 9.71. The van der Waals surface area contributed by atoms with E-state index in [9.17, 15) is 9.59 Å². The second kappa shape index (κ2) is 13.5. The molecule has 7 heteroatoms.